The third-order valence-electron chi connectivity index (χ3n) is 3.00. The molecule has 2 rings (SSSR count). The van der Waals surface area contributed by atoms with Crippen LogP contribution in [0, 0.1) is 10.1 Å². The number of aliphatic hydroxyl groups is 1. The molecular weight excluding hydrogens is 316 g/mol. The summed E-state index contributed by atoms with van der Waals surface area (Å²) in [4.78, 5) is 15.8. The lowest BCUT2D eigenvalue weighted by atomic mass is 10.1. The molecule has 2 heterocycles. The van der Waals surface area contributed by atoms with Crippen LogP contribution in [0.15, 0.2) is 24.8 Å². The van der Waals surface area contributed by atoms with Gasteiger partial charge in [0.25, 0.3) is 0 Å². The predicted octanol–water partition coefficient (Wildman–Crippen LogP) is 1.58. The van der Waals surface area contributed by atoms with Gasteiger partial charge in [-0.25, -0.2) is 0 Å². The molecule has 0 atom stereocenters. The SMILES string of the molecule is CC(C)(O)Cn1cc(NOC(C)(C)Cn2cc([N+](=O)[O-])cn2)cn1. The standard InChI is InChI=1S/C14H22N6O4/c1-13(2,21)9-18-7-11(5-15-18)17-24-14(3,4)10-19-8-12(6-16-19)20(22)23/h5-8,17,21H,9-10H2,1-4H3. The predicted molar refractivity (Wildman–Crippen MR) is 86.2 cm³/mol. The van der Waals surface area contributed by atoms with E-state index in [4.69, 9.17) is 4.84 Å². The zero-order valence-corrected chi connectivity index (χ0v) is 14.1. The van der Waals surface area contributed by atoms with Gasteiger partial charge in [-0.15, -0.1) is 0 Å². The Labute approximate surface area is 139 Å². The molecule has 2 aromatic heterocycles. The molecule has 0 radical (unpaired) electrons. The van der Waals surface area contributed by atoms with Crippen LogP contribution in [0.3, 0.4) is 0 Å². The van der Waals surface area contributed by atoms with E-state index in [0.29, 0.717) is 18.8 Å². The molecule has 0 amide bonds. The summed E-state index contributed by atoms with van der Waals surface area (Å²) >= 11 is 0. The summed E-state index contributed by atoms with van der Waals surface area (Å²) < 4.78 is 3.06. The van der Waals surface area contributed by atoms with Crippen molar-refractivity contribution in [1.82, 2.24) is 19.6 Å². The Hall–Kier alpha value is -2.46. The zero-order chi connectivity index (χ0) is 18.0. The molecule has 132 valence electrons. The van der Waals surface area contributed by atoms with E-state index in [1.165, 1.54) is 17.1 Å². The number of aromatic nitrogens is 4. The van der Waals surface area contributed by atoms with Crippen LogP contribution < -0.4 is 5.48 Å². The molecule has 0 bridgehead atoms. The van der Waals surface area contributed by atoms with E-state index in [-0.39, 0.29) is 5.69 Å². The average Bonchev–Trinajstić information content (AvgIpc) is 3.03. The highest BCUT2D eigenvalue weighted by molar-refractivity contribution is 5.35. The summed E-state index contributed by atoms with van der Waals surface area (Å²) in [5.74, 6) is 0. The van der Waals surface area contributed by atoms with Gasteiger partial charge in [0.2, 0.25) is 0 Å². The van der Waals surface area contributed by atoms with Crippen LogP contribution in [0.4, 0.5) is 11.4 Å². The lowest BCUT2D eigenvalue weighted by Crippen LogP contribution is -2.33. The Kier molecular flexibility index (Phi) is 4.90. The fourth-order valence-corrected chi connectivity index (χ4v) is 2.05. The lowest BCUT2D eigenvalue weighted by molar-refractivity contribution is -0.385. The van der Waals surface area contributed by atoms with Gasteiger partial charge in [0, 0.05) is 0 Å². The topological polar surface area (TPSA) is 120 Å². The highest BCUT2D eigenvalue weighted by Gasteiger charge is 2.22. The van der Waals surface area contributed by atoms with Crippen LogP contribution in [0.1, 0.15) is 27.7 Å². The summed E-state index contributed by atoms with van der Waals surface area (Å²) in [6.45, 7) is 7.74. The largest absolute Gasteiger partial charge is 0.389 e. The molecule has 2 N–H and O–H groups in total. The van der Waals surface area contributed by atoms with Crippen LogP contribution in [-0.2, 0) is 17.9 Å². The van der Waals surface area contributed by atoms with Crippen molar-refractivity contribution in [2.75, 3.05) is 5.48 Å². The second-order valence-corrected chi connectivity index (χ2v) is 6.86. The molecule has 0 fully saturated rings. The second kappa shape index (κ2) is 6.57. The molecule has 0 aromatic carbocycles. The van der Waals surface area contributed by atoms with Crippen molar-refractivity contribution in [2.45, 2.75) is 52.0 Å². The fraction of sp³-hybridized carbons (Fsp3) is 0.571. The molecule has 0 unspecified atom stereocenters. The molecule has 0 saturated heterocycles. The number of anilines is 1. The number of hydrogen-bond acceptors (Lipinski definition) is 7. The first-order chi connectivity index (χ1) is 11.0. The Morgan fingerprint density at radius 1 is 1.21 bits per heavy atom. The van der Waals surface area contributed by atoms with Crippen LogP contribution in [-0.4, -0.2) is 40.8 Å². The van der Waals surface area contributed by atoms with Crippen LogP contribution in [0.5, 0.6) is 0 Å². The molecule has 2 aromatic rings. The Bertz CT molecular complexity index is 700. The van der Waals surface area contributed by atoms with Gasteiger partial charge in [-0.3, -0.25) is 29.8 Å². The molecule has 0 spiro atoms. The van der Waals surface area contributed by atoms with Gasteiger partial charge in [0.15, 0.2) is 0 Å². The first-order valence-electron chi connectivity index (χ1n) is 7.40. The van der Waals surface area contributed by atoms with Crippen molar-refractivity contribution < 1.29 is 14.9 Å². The maximum atomic E-state index is 10.7. The third-order valence-corrected chi connectivity index (χ3v) is 3.00. The number of nitro groups is 1. The quantitative estimate of drug-likeness (QED) is 0.554. The molecule has 10 nitrogen and oxygen atoms in total. The van der Waals surface area contributed by atoms with Crippen LogP contribution in [0.25, 0.3) is 0 Å². The van der Waals surface area contributed by atoms with Crippen molar-refractivity contribution in [3.05, 3.63) is 34.9 Å². The molecule has 10 heteroatoms. The van der Waals surface area contributed by atoms with Crippen molar-refractivity contribution in [3.63, 3.8) is 0 Å². The Morgan fingerprint density at radius 2 is 1.83 bits per heavy atom. The smallest absolute Gasteiger partial charge is 0.306 e. The van der Waals surface area contributed by atoms with Gasteiger partial charge in [-0.1, -0.05) is 0 Å². The summed E-state index contributed by atoms with van der Waals surface area (Å²) in [5.41, 5.74) is 1.84. The van der Waals surface area contributed by atoms with Gasteiger partial charge in [0.05, 0.1) is 41.7 Å². The lowest BCUT2D eigenvalue weighted by Gasteiger charge is -2.24. The minimum absolute atomic E-state index is 0.0633. The molecule has 0 saturated carbocycles. The monoisotopic (exact) mass is 338 g/mol. The summed E-state index contributed by atoms with van der Waals surface area (Å²) in [6, 6.07) is 0. The van der Waals surface area contributed by atoms with Crippen LogP contribution >= 0.6 is 0 Å². The molecular formula is C14H22N6O4. The minimum Gasteiger partial charge on any atom is -0.389 e. The van der Waals surface area contributed by atoms with E-state index in [1.54, 1.807) is 30.9 Å². The van der Waals surface area contributed by atoms with Crippen molar-refractivity contribution in [3.8, 4) is 0 Å². The van der Waals surface area contributed by atoms with E-state index in [9.17, 15) is 15.2 Å². The summed E-state index contributed by atoms with van der Waals surface area (Å²) in [5, 5.41) is 28.5. The maximum absolute atomic E-state index is 10.7. The summed E-state index contributed by atoms with van der Waals surface area (Å²) in [7, 11) is 0. The Balaban J connectivity index is 1.91. The molecule has 24 heavy (non-hydrogen) atoms. The number of hydrogen-bond donors (Lipinski definition) is 2. The van der Waals surface area contributed by atoms with Crippen molar-refractivity contribution >= 4 is 11.4 Å². The highest BCUT2D eigenvalue weighted by Crippen LogP contribution is 2.17. The second-order valence-electron chi connectivity index (χ2n) is 6.86. The first kappa shape index (κ1) is 17.9. The first-order valence-corrected chi connectivity index (χ1v) is 7.40. The highest BCUT2D eigenvalue weighted by atomic mass is 16.7. The molecule has 0 aliphatic rings. The average molecular weight is 338 g/mol. The van der Waals surface area contributed by atoms with E-state index in [0.717, 1.165) is 0 Å². The van der Waals surface area contributed by atoms with Gasteiger partial charge < -0.3 is 5.11 Å². The van der Waals surface area contributed by atoms with Gasteiger partial charge in [-0.2, -0.15) is 10.2 Å². The van der Waals surface area contributed by atoms with Gasteiger partial charge in [-0.05, 0) is 27.7 Å². The number of nitrogens with one attached hydrogen (secondary N) is 1. The van der Waals surface area contributed by atoms with Crippen molar-refractivity contribution in [2.24, 2.45) is 0 Å². The molecule has 0 aliphatic heterocycles. The Morgan fingerprint density at radius 3 is 2.42 bits per heavy atom. The maximum Gasteiger partial charge on any atom is 0.306 e. The number of rotatable bonds is 8. The van der Waals surface area contributed by atoms with E-state index in [2.05, 4.69) is 15.7 Å². The van der Waals surface area contributed by atoms with E-state index in [1.807, 2.05) is 13.8 Å². The van der Waals surface area contributed by atoms with Crippen LogP contribution in [0.2, 0.25) is 0 Å². The van der Waals surface area contributed by atoms with Gasteiger partial charge >= 0.3 is 5.69 Å². The van der Waals surface area contributed by atoms with Crippen molar-refractivity contribution in [1.29, 1.82) is 0 Å². The fourth-order valence-electron chi connectivity index (χ4n) is 2.05. The summed E-state index contributed by atoms with van der Waals surface area (Å²) in [6.07, 6.45) is 5.85. The molecule has 0 aliphatic carbocycles. The minimum atomic E-state index is -0.863. The zero-order valence-electron chi connectivity index (χ0n) is 14.1. The van der Waals surface area contributed by atoms with E-state index >= 15 is 0 Å². The third kappa shape index (κ3) is 5.32. The van der Waals surface area contributed by atoms with E-state index < -0.39 is 16.1 Å². The normalized spacial score (nSPS) is 12.4. The number of nitrogens with zero attached hydrogens (tertiary/aromatic N) is 5. The van der Waals surface area contributed by atoms with Gasteiger partial charge in [0.1, 0.15) is 18.0 Å².